The minimum absolute atomic E-state index is 0.180. The molecule has 2 heterocycles. The van der Waals surface area contributed by atoms with Crippen molar-refractivity contribution in [3.05, 3.63) is 48.5 Å². The molecule has 172 valence electrons. The molecular formula is C22H21F3N6O2. The van der Waals surface area contributed by atoms with E-state index in [0.717, 1.165) is 0 Å². The lowest BCUT2D eigenvalue weighted by Crippen LogP contribution is -2.39. The van der Waals surface area contributed by atoms with Crippen LogP contribution in [-0.4, -0.2) is 44.4 Å². The Hall–Kier alpha value is -3.89. The number of carbonyl (C=O) groups is 1. The number of halogens is 3. The van der Waals surface area contributed by atoms with E-state index in [-0.39, 0.29) is 17.5 Å². The first kappa shape index (κ1) is 22.3. The molecule has 8 nitrogen and oxygen atoms in total. The van der Waals surface area contributed by atoms with Crippen molar-refractivity contribution in [1.29, 1.82) is 0 Å². The van der Waals surface area contributed by atoms with E-state index in [9.17, 15) is 18.0 Å². The van der Waals surface area contributed by atoms with Gasteiger partial charge in [0.05, 0.1) is 5.52 Å². The Bertz CT molecular complexity index is 1300. The van der Waals surface area contributed by atoms with Crippen LogP contribution in [0.5, 0.6) is 5.75 Å². The number of nitrogens with one attached hydrogen (secondary N) is 2. The summed E-state index contributed by atoms with van der Waals surface area (Å²) in [4.78, 5) is 21.6. The number of alkyl halides is 3. The van der Waals surface area contributed by atoms with Crippen LogP contribution >= 0.6 is 0 Å². The van der Waals surface area contributed by atoms with Crippen molar-refractivity contribution >= 4 is 28.4 Å². The Morgan fingerprint density at radius 1 is 1.12 bits per heavy atom. The van der Waals surface area contributed by atoms with Crippen LogP contribution in [0.3, 0.4) is 0 Å². The zero-order valence-corrected chi connectivity index (χ0v) is 17.8. The van der Waals surface area contributed by atoms with Gasteiger partial charge in [-0.15, -0.1) is 18.3 Å². The van der Waals surface area contributed by atoms with Crippen molar-refractivity contribution in [2.24, 2.45) is 0 Å². The molecule has 0 aliphatic heterocycles. The lowest BCUT2D eigenvalue weighted by atomic mass is 10.2. The van der Waals surface area contributed by atoms with Gasteiger partial charge in [-0.3, -0.25) is 4.79 Å². The fraction of sp³-hybridized carbons (Fsp3) is 0.273. The first-order valence-corrected chi connectivity index (χ1v) is 10.3. The fourth-order valence-electron chi connectivity index (χ4n) is 3.41. The highest BCUT2D eigenvalue weighted by atomic mass is 19.4. The number of amides is 1. The van der Waals surface area contributed by atoms with Gasteiger partial charge in [-0.25, -0.2) is 9.97 Å². The van der Waals surface area contributed by atoms with E-state index in [2.05, 4.69) is 30.4 Å². The average Bonchev–Trinajstić information content (AvgIpc) is 3.22. The van der Waals surface area contributed by atoms with E-state index >= 15 is 0 Å². The zero-order valence-electron chi connectivity index (χ0n) is 17.8. The molecule has 0 unspecified atom stereocenters. The molecule has 0 radical (unpaired) electrons. The molecule has 11 heteroatoms. The maximum atomic E-state index is 12.6. The maximum Gasteiger partial charge on any atom is 0.573 e. The van der Waals surface area contributed by atoms with Gasteiger partial charge in [-0.1, -0.05) is 31.2 Å². The van der Waals surface area contributed by atoms with Gasteiger partial charge in [0.15, 0.2) is 11.5 Å². The standard InChI is InChI=1S/C22H21F3N6O2/c1-3-16(20(32)26-4-2)27-21-28-17-11-6-5-10-15(17)19-29-18(30-31(19)21)13-8-7-9-14(12-13)33-22(23,24)25/h5-12,16H,3-4H2,1-2H3,(H,26,32)(H,27,28)/t16-/m1/s1. The van der Waals surface area contributed by atoms with Crippen LogP contribution in [0.4, 0.5) is 19.1 Å². The molecule has 2 aromatic heterocycles. The van der Waals surface area contributed by atoms with Gasteiger partial charge < -0.3 is 15.4 Å². The van der Waals surface area contributed by atoms with Gasteiger partial charge >= 0.3 is 6.36 Å². The van der Waals surface area contributed by atoms with E-state index in [1.807, 2.05) is 32.0 Å². The smallest absolute Gasteiger partial charge is 0.406 e. The third kappa shape index (κ3) is 4.81. The van der Waals surface area contributed by atoms with Crippen LogP contribution in [0.1, 0.15) is 20.3 Å². The SMILES string of the molecule is CCNC(=O)[C@@H](CC)Nc1nc2ccccc2c2nc(-c3cccc(OC(F)(F)F)c3)nn12. The highest BCUT2D eigenvalue weighted by Crippen LogP contribution is 2.29. The van der Waals surface area contributed by atoms with Gasteiger partial charge in [-0.05, 0) is 37.6 Å². The Balaban J connectivity index is 1.82. The first-order valence-electron chi connectivity index (χ1n) is 10.3. The number of ether oxygens (including phenoxy) is 1. The second kappa shape index (κ2) is 8.93. The lowest BCUT2D eigenvalue weighted by molar-refractivity contribution is -0.274. The molecule has 2 aromatic carbocycles. The second-order valence-corrected chi connectivity index (χ2v) is 7.20. The molecule has 0 spiro atoms. The summed E-state index contributed by atoms with van der Waals surface area (Å²) in [6.45, 7) is 4.18. The molecule has 4 aromatic rings. The lowest BCUT2D eigenvalue weighted by Gasteiger charge is -2.17. The summed E-state index contributed by atoms with van der Waals surface area (Å²) in [7, 11) is 0. The number of benzene rings is 2. The largest absolute Gasteiger partial charge is 0.573 e. The van der Waals surface area contributed by atoms with E-state index in [1.165, 1.54) is 22.7 Å². The molecule has 0 saturated heterocycles. The van der Waals surface area contributed by atoms with Crippen molar-refractivity contribution < 1.29 is 22.7 Å². The normalized spacial score (nSPS) is 12.6. The summed E-state index contributed by atoms with van der Waals surface area (Å²) >= 11 is 0. The van der Waals surface area contributed by atoms with Crippen molar-refractivity contribution in [3.63, 3.8) is 0 Å². The first-order chi connectivity index (χ1) is 15.8. The molecular weight excluding hydrogens is 437 g/mol. The molecule has 0 fully saturated rings. The van der Waals surface area contributed by atoms with Gasteiger partial charge in [0.1, 0.15) is 11.8 Å². The minimum atomic E-state index is -4.81. The van der Waals surface area contributed by atoms with E-state index in [4.69, 9.17) is 0 Å². The van der Waals surface area contributed by atoms with Gasteiger partial charge in [0.2, 0.25) is 11.9 Å². The van der Waals surface area contributed by atoms with Crippen molar-refractivity contribution in [2.75, 3.05) is 11.9 Å². The maximum absolute atomic E-state index is 12.6. The third-order valence-corrected chi connectivity index (χ3v) is 4.88. The quantitative estimate of drug-likeness (QED) is 0.432. The summed E-state index contributed by atoms with van der Waals surface area (Å²) in [5, 5.41) is 11.1. The van der Waals surface area contributed by atoms with Gasteiger partial charge in [0.25, 0.3) is 0 Å². The number of likely N-dealkylation sites (N-methyl/N-ethyl adjacent to an activating group) is 1. The van der Waals surface area contributed by atoms with Crippen LogP contribution in [0, 0.1) is 0 Å². The van der Waals surface area contributed by atoms with Crippen LogP contribution in [0.2, 0.25) is 0 Å². The predicted molar refractivity (Wildman–Crippen MR) is 117 cm³/mol. The Morgan fingerprint density at radius 2 is 1.91 bits per heavy atom. The van der Waals surface area contributed by atoms with Crippen LogP contribution in [0.15, 0.2) is 48.5 Å². The van der Waals surface area contributed by atoms with Crippen LogP contribution in [0.25, 0.3) is 27.9 Å². The Morgan fingerprint density at radius 3 is 2.64 bits per heavy atom. The van der Waals surface area contributed by atoms with Crippen LogP contribution < -0.4 is 15.4 Å². The predicted octanol–water partition coefficient (Wildman–Crippen LogP) is 4.17. The summed E-state index contributed by atoms with van der Waals surface area (Å²) in [5.74, 6) is -0.0685. The summed E-state index contributed by atoms with van der Waals surface area (Å²) in [5.41, 5.74) is 1.42. The van der Waals surface area contributed by atoms with E-state index < -0.39 is 12.4 Å². The number of aromatic nitrogens is 4. The number of fused-ring (bicyclic) bond motifs is 3. The van der Waals surface area contributed by atoms with E-state index in [1.54, 1.807) is 12.1 Å². The number of carbonyl (C=O) groups excluding carboxylic acids is 1. The molecule has 0 aliphatic carbocycles. The number of hydrogen-bond donors (Lipinski definition) is 2. The fourth-order valence-corrected chi connectivity index (χ4v) is 3.41. The van der Waals surface area contributed by atoms with Gasteiger partial charge in [-0.2, -0.15) is 4.52 Å². The van der Waals surface area contributed by atoms with Crippen molar-refractivity contribution in [3.8, 4) is 17.1 Å². The topological polar surface area (TPSA) is 93.4 Å². The molecule has 4 rings (SSSR count). The number of rotatable bonds is 7. The monoisotopic (exact) mass is 458 g/mol. The molecule has 2 N–H and O–H groups in total. The van der Waals surface area contributed by atoms with Crippen LogP contribution in [-0.2, 0) is 4.79 Å². The molecule has 33 heavy (non-hydrogen) atoms. The summed E-state index contributed by atoms with van der Waals surface area (Å²) in [6.07, 6.45) is -4.31. The van der Waals surface area contributed by atoms with Crippen molar-refractivity contribution in [2.45, 2.75) is 32.7 Å². The highest BCUT2D eigenvalue weighted by Gasteiger charge is 2.31. The average molecular weight is 458 g/mol. The van der Waals surface area contributed by atoms with Gasteiger partial charge in [0, 0.05) is 17.5 Å². The summed E-state index contributed by atoms with van der Waals surface area (Å²) < 4.78 is 43.4. The minimum Gasteiger partial charge on any atom is -0.406 e. The molecule has 1 amide bonds. The molecule has 0 bridgehead atoms. The Kier molecular flexibility index (Phi) is 6.03. The number of para-hydroxylation sites is 1. The summed E-state index contributed by atoms with van der Waals surface area (Å²) in [6, 6.07) is 12.2. The number of anilines is 1. The highest BCUT2D eigenvalue weighted by molar-refractivity contribution is 5.93. The molecule has 0 saturated carbocycles. The van der Waals surface area contributed by atoms with E-state index in [0.29, 0.717) is 41.0 Å². The number of hydrogen-bond acceptors (Lipinski definition) is 6. The van der Waals surface area contributed by atoms with Crippen molar-refractivity contribution in [1.82, 2.24) is 24.9 Å². The molecule has 0 aliphatic rings. The molecule has 1 atom stereocenters. The second-order valence-electron chi connectivity index (χ2n) is 7.20. The Labute approximate surface area is 186 Å². The third-order valence-electron chi connectivity index (χ3n) is 4.88. The zero-order chi connectivity index (χ0) is 23.6. The number of nitrogens with zero attached hydrogens (tertiary/aromatic N) is 4.